The van der Waals surface area contributed by atoms with Gasteiger partial charge in [-0.3, -0.25) is 14.6 Å². The molecule has 1 aliphatic rings. The average molecular weight is 361 g/mol. The van der Waals surface area contributed by atoms with Gasteiger partial charge in [-0.2, -0.15) is 0 Å². The van der Waals surface area contributed by atoms with Gasteiger partial charge in [0.05, 0.1) is 23.9 Å². The van der Waals surface area contributed by atoms with Crippen molar-refractivity contribution in [2.75, 3.05) is 33.3 Å². The summed E-state index contributed by atoms with van der Waals surface area (Å²) in [6.45, 7) is 1.75. The highest BCUT2D eigenvalue weighted by molar-refractivity contribution is 6.34. The quantitative estimate of drug-likeness (QED) is 0.833. The molecule has 0 atom stereocenters. The fraction of sp³-hybridized carbons (Fsp3) is 0.294. The number of benzene rings is 1. The van der Waals surface area contributed by atoms with Crippen molar-refractivity contribution in [2.24, 2.45) is 0 Å². The zero-order valence-corrected chi connectivity index (χ0v) is 14.4. The summed E-state index contributed by atoms with van der Waals surface area (Å²) >= 11 is 6.17. The van der Waals surface area contributed by atoms with Crippen molar-refractivity contribution in [2.45, 2.75) is 0 Å². The second-order valence-corrected chi connectivity index (χ2v) is 5.93. The molecule has 1 aromatic heterocycles. The SMILES string of the molecule is COc1ccc(C(=O)N2CCN(C(=O)c3cnccn3)CC2)c(Cl)c1. The van der Waals surface area contributed by atoms with Gasteiger partial charge in [-0.05, 0) is 18.2 Å². The summed E-state index contributed by atoms with van der Waals surface area (Å²) < 4.78 is 5.09. The van der Waals surface area contributed by atoms with Crippen LogP contribution in [-0.2, 0) is 0 Å². The summed E-state index contributed by atoms with van der Waals surface area (Å²) in [6.07, 6.45) is 4.45. The van der Waals surface area contributed by atoms with Crippen LogP contribution in [-0.4, -0.2) is 64.9 Å². The maximum absolute atomic E-state index is 12.6. The van der Waals surface area contributed by atoms with Crippen molar-refractivity contribution < 1.29 is 14.3 Å². The third kappa shape index (κ3) is 3.71. The number of ether oxygens (including phenoxy) is 1. The molecular weight excluding hydrogens is 344 g/mol. The molecule has 8 heteroatoms. The normalized spacial score (nSPS) is 14.3. The second kappa shape index (κ2) is 7.48. The summed E-state index contributed by atoms with van der Waals surface area (Å²) in [7, 11) is 1.54. The van der Waals surface area contributed by atoms with Crippen LogP contribution in [0.1, 0.15) is 20.8 Å². The van der Waals surface area contributed by atoms with Crippen LogP contribution in [0.4, 0.5) is 0 Å². The summed E-state index contributed by atoms with van der Waals surface area (Å²) in [6, 6.07) is 4.97. The average Bonchev–Trinajstić information content (AvgIpc) is 2.67. The van der Waals surface area contributed by atoms with Crippen molar-refractivity contribution in [3.63, 3.8) is 0 Å². The first-order valence-corrected chi connectivity index (χ1v) is 8.16. The summed E-state index contributed by atoms with van der Waals surface area (Å²) in [4.78, 5) is 36.3. The number of nitrogens with zero attached hydrogens (tertiary/aromatic N) is 4. The number of hydrogen-bond acceptors (Lipinski definition) is 5. The van der Waals surface area contributed by atoms with Crippen LogP contribution in [0.25, 0.3) is 0 Å². The van der Waals surface area contributed by atoms with Gasteiger partial charge in [0, 0.05) is 38.6 Å². The van der Waals surface area contributed by atoms with E-state index in [0.29, 0.717) is 48.2 Å². The van der Waals surface area contributed by atoms with E-state index in [0.717, 1.165) is 0 Å². The third-order valence-electron chi connectivity index (χ3n) is 4.04. The van der Waals surface area contributed by atoms with E-state index in [2.05, 4.69) is 9.97 Å². The molecule has 130 valence electrons. The lowest BCUT2D eigenvalue weighted by atomic mass is 10.1. The van der Waals surface area contributed by atoms with Crippen molar-refractivity contribution in [1.82, 2.24) is 19.8 Å². The predicted octanol–water partition coefficient (Wildman–Crippen LogP) is 1.74. The number of halogens is 1. The van der Waals surface area contributed by atoms with Gasteiger partial charge in [-0.1, -0.05) is 11.6 Å². The van der Waals surface area contributed by atoms with Gasteiger partial charge in [0.25, 0.3) is 11.8 Å². The Morgan fingerprint density at radius 2 is 1.76 bits per heavy atom. The summed E-state index contributed by atoms with van der Waals surface area (Å²) in [5.74, 6) is 0.267. The molecule has 0 spiro atoms. The lowest BCUT2D eigenvalue weighted by molar-refractivity contribution is 0.0532. The molecule has 7 nitrogen and oxygen atoms in total. The van der Waals surface area contributed by atoms with Gasteiger partial charge < -0.3 is 14.5 Å². The molecule has 0 N–H and O–H groups in total. The van der Waals surface area contributed by atoms with E-state index in [1.54, 1.807) is 35.1 Å². The number of aromatic nitrogens is 2. The van der Waals surface area contributed by atoms with Crippen LogP contribution in [0.15, 0.2) is 36.8 Å². The molecule has 0 bridgehead atoms. The lowest BCUT2D eigenvalue weighted by Gasteiger charge is -2.34. The molecule has 1 fully saturated rings. The predicted molar refractivity (Wildman–Crippen MR) is 91.8 cm³/mol. The minimum atomic E-state index is -0.178. The molecule has 3 rings (SSSR count). The van der Waals surface area contributed by atoms with Gasteiger partial charge in [0.1, 0.15) is 11.4 Å². The van der Waals surface area contributed by atoms with Crippen LogP contribution < -0.4 is 4.74 Å². The monoisotopic (exact) mass is 360 g/mol. The Balaban J connectivity index is 1.64. The summed E-state index contributed by atoms with van der Waals surface area (Å²) in [5, 5.41) is 0.349. The van der Waals surface area contributed by atoms with Crippen molar-refractivity contribution >= 4 is 23.4 Å². The number of piperazine rings is 1. The Morgan fingerprint density at radius 3 is 2.32 bits per heavy atom. The topological polar surface area (TPSA) is 75.6 Å². The molecule has 0 saturated carbocycles. The van der Waals surface area contributed by atoms with Crippen LogP contribution in [0.5, 0.6) is 5.75 Å². The molecule has 2 amide bonds. The van der Waals surface area contributed by atoms with Crippen LogP contribution in [0.3, 0.4) is 0 Å². The number of carbonyl (C=O) groups excluding carboxylic acids is 2. The first kappa shape index (κ1) is 17.2. The first-order chi connectivity index (χ1) is 12.1. The molecular formula is C17H17ClN4O3. The van der Waals surface area contributed by atoms with Crippen LogP contribution in [0, 0.1) is 0 Å². The number of methoxy groups -OCH3 is 1. The first-order valence-electron chi connectivity index (χ1n) is 7.78. The van der Waals surface area contributed by atoms with Gasteiger partial charge in [-0.25, -0.2) is 4.98 Å². The van der Waals surface area contributed by atoms with E-state index in [4.69, 9.17) is 16.3 Å². The van der Waals surface area contributed by atoms with E-state index in [9.17, 15) is 9.59 Å². The Labute approximate surface area is 150 Å². The molecule has 1 aliphatic heterocycles. The highest BCUT2D eigenvalue weighted by atomic mass is 35.5. The third-order valence-corrected chi connectivity index (χ3v) is 4.36. The molecule has 0 radical (unpaired) electrons. The largest absolute Gasteiger partial charge is 0.497 e. The molecule has 1 saturated heterocycles. The zero-order chi connectivity index (χ0) is 17.8. The smallest absolute Gasteiger partial charge is 0.274 e. The van der Waals surface area contributed by atoms with Gasteiger partial charge in [-0.15, -0.1) is 0 Å². The maximum atomic E-state index is 12.6. The Hall–Kier alpha value is -2.67. The molecule has 25 heavy (non-hydrogen) atoms. The number of hydrogen-bond donors (Lipinski definition) is 0. The van der Waals surface area contributed by atoms with E-state index < -0.39 is 0 Å². The Kier molecular flexibility index (Phi) is 5.14. The van der Waals surface area contributed by atoms with Crippen LogP contribution in [0.2, 0.25) is 5.02 Å². The maximum Gasteiger partial charge on any atom is 0.274 e. The zero-order valence-electron chi connectivity index (χ0n) is 13.7. The van der Waals surface area contributed by atoms with Gasteiger partial charge in [0.15, 0.2) is 0 Å². The molecule has 2 heterocycles. The molecule has 0 aliphatic carbocycles. The number of carbonyl (C=O) groups is 2. The van der Waals surface area contributed by atoms with E-state index >= 15 is 0 Å². The Morgan fingerprint density at radius 1 is 1.08 bits per heavy atom. The Bertz CT molecular complexity index is 777. The van der Waals surface area contributed by atoms with E-state index in [1.807, 2.05) is 0 Å². The van der Waals surface area contributed by atoms with Gasteiger partial charge >= 0.3 is 0 Å². The number of rotatable bonds is 3. The molecule has 0 unspecified atom stereocenters. The lowest BCUT2D eigenvalue weighted by Crippen LogP contribution is -2.50. The highest BCUT2D eigenvalue weighted by Crippen LogP contribution is 2.24. The minimum Gasteiger partial charge on any atom is -0.497 e. The van der Waals surface area contributed by atoms with E-state index in [-0.39, 0.29) is 11.8 Å². The molecule has 2 aromatic rings. The summed E-state index contributed by atoms with van der Waals surface area (Å²) in [5.41, 5.74) is 0.733. The molecule has 1 aromatic carbocycles. The van der Waals surface area contributed by atoms with Gasteiger partial charge in [0.2, 0.25) is 0 Å². The fourth-order valence-electron chi connectivity index (χ4n) is 2.65. The fourth-order valence-corrected chi connectivity index (χ4v) is 2.90. The van der Waals surface area contributed by atoms with E-state index in [1.165, 1.54) is 18.6 Å². The number of amides is 2. The minimum absolute atomic E-state index is 0.153. The van der Waals surface area contributed by atoms with Crippen molar-refractivity contribution in [1.29, 1.82) is 0 Å². The van der Waals surface area contributed by atoms with Crippen LogP contribution >= 0.6 is 11.6 Å². The van der Waals surface area contributed by atoms with Crippen molar-refractivity contribution in [3.05, 3.63) is 53.1 Å². The second-order valence-electron chi connectivity index (χ2n) is 5.52. The van der Waals surface area contributed by atoms with Crippen molar-refractivity contribution in [3.8, 4) is 5.75 Å². The standard InChI is InChI=1S/C17H17ClN4O3/c1-25-12-2-3-13(14(18)10-12)16(23)21-6-8-22(9-7-21)17(24)15-11-19-4-5-20-15/h2-5,10-11H,6-9H2,1H3. The highest BCUT2D eigenvalue weighted by Gasteiger charge is 2.27.